The Hall–Kier alpha value is -3.55. The summed E-state index contributed by atoms with van der Waals surface area (Å²) in [4.78, 5) is 48.5. The number of carbonyl (C=O) groups is 3. The molecule has 0 radical (unpaired) electrons. The van der Waals surface area contributed by atoms with Gasteiger partial charge in [0.1, 0.15) is 23.8 Å². The molecule has 2 aromatic heterocycles. The van der Waals surface area contributed by atoms with Gasteiger partial charge in [-0.2, -0.15) is 0 Å². The molecule has 156 valence electrons. The van der Waals surface area contributed by atoms with Crippen LogP contribution in [0, 0.1) is 0 Å². The predicted molar refractivity (Wildman–Crippen MR) is 113 cm³/mol. The van der Waals surface area contributed by atoms with Gasteiger partial charge in [-0.25, -0.2) is 4.98 Å². The average molecular weight is 407 g/mol. The molecule has 1 aliphatic rings. The van der Waals surface area contributed by atoms with E-state index in [9.17, 15) is 14.4 Å². The van der Waals surface area contributed by atoms with Gasteiger partial charge in [0, 0.05) is 55.9 Å². The number of allylic oxidation sites excluding steroid dienone is 1. The maximum atomic E-state index is 12.9. The number of hydrogen-bond acceptors (Lipinski definition) is 6. The Labute approximate surface area is 175 Å². The molecular formula is C22H25N5O3. The van der Waals surface area contributed by atoms with Crippen molar-refractivity contribution in [2.24, 2.45) is 0 Å². The van der Waals surface area contributed by atoms with Crippen LogP contribution in [0.5, 0.6) is 0 Å². The van der Waals surface area contributed by atoms with Gasteiger partial charge in [-0.3, -0.25) is 19.4 Å². The highest BCUT2D eigenvalue weighted by Gasteiger charge is 2.32. The summed E-state index contributed by atoms with van der Waals surface area (Å²) in [5, 5.41) is 2.80. The highest BCUT2D eigenvalue weighted by Crippen LogP contribution is 2.25. The molecule has 8 heteroatoms. The van der Waals surface area contributed by atoms with E-state index < -0.39 is 6.04 Å². The maximum absolute atomic E-state index is 12.9. The molecule has 0 aromatic carbocycles. The van der Waals surface area contributed by atoms with Crippen LogP contribution >= 0.6 is 0 Å². The first-order valence-electron chi connectivity index (χ1n) is 9.76. The van der Waals surface area contributed by atoms with E-state index in [0.717, 1.165) is 11.1 Å². The van der Waals surface area contributed by atoms with Gasteiger partial charge in [-0.15, -0.1) is 0 Å². The lowest BCUT2D eigenvalue weighted by Gasteiger charge is -2.36. The molecule has 2 aromatic rings. The Morgan fingerprint density at radius 3 is 2.57 bits per heavy atom. The summed E-state index contributed by atoms with van der Waals surface area (Å²) < 4.78 is 0. The van der Waals surface area contributed by atoms with Gasteiger partial charge in [0.15, 0.2) is 0 Å². The lowest BCUT2D eigenvalue weighted by molar-refractivity contribution is -0.128. The molecule has 30 heavy (non-hydrogen) atoms. The standard InChI is InChI=1S/C22H25N5O3/c1-15(27-11-5-7-18(14-28)20(27)22(30)26(2)3)21(29)25-19-9-8-17(13-24-19)16-6-4-10-23-12-16/h4,6,8-10,12-15H,5,7,11H2,1-3H3,(H,24,25,29). The summed E-state index contributed by atoms with van der Waals surface area (Å²) >= 11 is 0. The number of nitrogens with one attached hydrogen (secondary N) is 1. The molecule has 2 amide bonds. The third-order valence-electron chi connectivity index (χ3n) is 5.04. The lowest BCUT2D eigenvalue weighted by atomic mass is 10.00. The number of anilines is 1. The largest absolute Gasteiger partial charge is 0.355 e. The smallest absolute Gasteiger partial charge is 0.270 e. The predicted octanol–water partition coefficient (Wildman–Crippen LogP) is 2.11. The van der Waals surface area contributed by atoms with E-state index in [1.165, 1.54) is 4.90 Å². The third-order valence-corrected chi connectivity index (χ3v) is 5.04. The van der Waals surface area contributed by atoms with Gasteiger partial charge in [-0.05, 0) is 38.0 Å². The van der Waals surface area contributed by atoms with E-state index in [4.69, 9.17) is 0 Å². The molecule has 3 heterocycles. The van der Waals surface area contributed by atoms with Crippen LogP contribution in [0.3, 0.4) is 0 Å². The quantitative estimate of drug-likeness (QED) is 0.737. The summed E-state index contributed by atoms with van der Waals surface area (Å²) in [7, 11) is 3.26. The molecule has 0 fully saturated rings. The zero-order valence-electron chi connectivity index (χ0n) is 17.3. The summed E-state index contributed by atoms with van der Waals surface area (Å²) in [5.41, 5.74) is 2.55. The number of hydrogen-bond donors (Lipinski definition) is 1. The molecule has 1 N–H and O–H groups in total. The van der Waals surface area contributed by atoms with E-state index >= 15 is 0 Å². The molecular weight excluding hydrogens is 382 g/mol. The Kier molecular flexibility index (Phi) is 6.56. The molecule has 0 saturated carbocycles. The number of amides is 2. The normalized spacial score (nSPS) is 14.8. The number of pyridine rings is 2. The number of aromatic nitrogens is 2. The van der Waals surface area contributed by atoms with Crippen molar-refractivity contribution >= 4 is 23.9 Å². The minimum Gasteiger partial charge on any atom is -0.355 e. The van der Waals surface area contributed by atoms with Crippen LogP contribution in [-0.4, -0.2) is 64.6 Å². The van der Waals surface area contributed by atoms with E-state index in [0.29, 0.717) is 42.8 Å². The van der Waals surface area contributed by atoms with Crippen LogP contribution in [0.2, 0.25) is 0 Å². The van der Waals surface area contributed by atoms with E-state index in [-0.39, 0.29) is 11.8 Å². The highest BCUT2D eigenvalue weighted by molar-refractivity contribution is 6.00. The van der Waals surface area contributed by atoms with Gasteiger partial charge in [0.2, 0.25) is 5.91 Å². The Morgan fingerprint density at radius 1 is 1.20 bits per heavy atom. The van der Waals surface area contributed by atoms with Gasteiger partial charge in [0.05, 0.1) is 0 Å². The highest BCUT2D eigenvalue weighted by atomic mass is 16.2. The average Bonchev–Trinajstić information content (AvgIpc) is 2.78. The Bertz CT molecular complexity index is 954. The van der Waals surface area contributed by atoms with Gasteiger partial charge < -0.3 is 15.1 Å². The van der Waals surface area contributed by atoms with Crippen molar-refractivity contribution in [3.05, 3.63) is 54.1 Å². The second kappa shape index (κ2) is 9.30. The van der Waals surface area contributed by atoms with Crippen molar-refractivity contribution in [1.29, 1.82) is 0 Å². The fourth-order valence-corrected chi connectivity index (χ4v) is 3.37. The first-order chi connectivity index (χ1) is 14.4. The zero-order valence-corrected chi connectivity index (χ0v) is 17.3. The van der Waals surface area contributed by atoms with Crippen molar-refractivity contribution in [3.8, 4) is 11.1 Å². The SMILES string of the molecule is CC(C(=O)Nc1ccc(-c2cccnc2)cn1)N1CCCC(C=O)=C1C(=O)N(C)C. The van der Waals surface area contributed by atoms with Crippen molar-refractivity contribution < 1.29 is 14.4 Å². The molecule has 1 aliphatic heterocycles. The number of aldehydes is 1. The number of nitrogens with zero attached hydrogens (tertiary/aromatic N) is 4. The number of rotatable bonds is 6. The summed E-state index contributed by atoms with van der Waals surface area (Å²) in [6, 6.07) is 6.72. The number of carbonyl (C=O) groups excluding carboxylic acids is 3. The van der Waals surface area contributed by atoms with Crippen molar-refractivity contribution in [2.45, 2.75) is 25.8 Å². The monoisotopic (exact) mass is 407 g/mol. The summed E-state index contributed by atoms with van der Waals surface area (Å²) in [6.07, 6.45) is 7.06. The molecule has 0 saturated heterocycles. The fraction of sp³-hybridized carbons (Fsp3) is 0.318. The van der Waals surface area contributed by atoms with E-state index in [2.05, 4.69) is 15.3 Å². The van der Waals surface area contributed by atoms with Crippen LogP contribution in [0.4, 0.5) is 5.82 Å². The van der Waals surface area contributed by atoms with Crippen molar-refractivity contribution in [3.63, 3.8) is 0 Å². The third kappa shape index (κ3) is 4.53. The minimum absolute atomic E-state index is 0.282. The molecule has 0 aliphatic carbocycles. The van der Waals surface area contributed by atoms with Gasteiger partial charge >= 0.3 is 0 Å². The maximum Gasteiger partial charge on any atom is 0.270 e. The fourth-order valence-electron chi connectivity index (χ4n) is 3.37. The summed E-state index contributed by atoms with van der Waals surface area (Å²) in [5.74, 6) is -0.167. The molecule has 8 nitrogen and oxygen atoms in total. The van der Waals surface area contributed by atoms with E-state index in [1.54, 1.807) is 50.6 Å². The van der Waals surface area contributed by atoms with Crippen LogP contribution in [0.1, 0.15) is 19.8 Å². The Morgan fingerprint density at radius 2 is 1.97 bits per heavy atom. The second-order valence-corrected chi connectivity index (χ2v) is 7.33. The van der Waals surface area contributed by atoms with Crippen LogP contribution in [0.15, 0.2) is 54.1 Å². The van der Waals surface area contributed by atoms with E-state index in [1.807, 2.05) is 18.2 Å². The number of likely N-dealkylation sites (N-methyl/N-ethyl adjacent to an activating group) is 1. The topological polar surface area (TPSA) is 95.5 Å². The van der Waals surface area contributed by atoms with Crippen molar-refractivity contribution in [1.82, 2.24) is 19.8 Å². The van der Waals surface area contributed by atoms with Crippen LogP contribution in [-0.2, 0) is 14.4 Å². The summed E-state index contributed by atoms with van der Waals surface area (Å²) in [6.45, 7) is 2.24. The molecule has 1 unspecified atom stereocenters. The molecule has 0 bridgehead atoms. The van der Waals surface area contributed by atoms with Gasteiger partial charge in [-0.1, -0.05) is 6.07 Å². The minimum atomic E-state index is -0.640. The second-order valence-electron chi connectivity index (χ2n) is 7.33. The lowest BCUT2D eigenvalue weighted by Crippen LogP contribution is -2.47. The first kappa shape index (κ1) is 21.2. The van der Waals surface area contributed by atoms with Crippen molar-refractivity contribution in [2.75, 3.05) is 26.0 Å². The zero-order chi connectivity index (χ0) is 21.7. The van der Waals surface area contributed by atoms with Crippen LogP contribution < -0.4 is 5.32 Å². The van der Waals surface area contributed by atoms with Gasteiger partial charge in [0.25, 0.3) is 5.91 Å². The first-order valence-corrected chi connectivity index (χ1v) is 9.76. The molecule has 3 rings (SSSR count). The Balaban J connectivity index is 1.76. The van der Waals surface area contributed by atoms with Crippen LogP contribution in [0.25, 0.3) is 11.1 Å². The molecule has 0 spiro atoms. The molecule has 1 atom stereocenters.